The molecule has 0 atom stereocenters. The minimum atomic E-state index is -0.847. The molecule has 1 aromatic heterocycles. The zero-order chi connectivity index (χ0) is 15.0. The van der Waals surface area contributed by atoms with Crippen molar-refractivity contribution < 1.29 is 9.90 Å². The van der Waals surface area contributed by atoms with E-state index >= 15 is 0 Å². The Morgan fingerprint density at radius 3 is 2.76 bits per heavy atom. The van der Waals surface area contributed by atoms with Crippen LogP contribution in [0.1, 0.15) is 11.1 Å². The number of aromatic nitrogens is 1. The maximum Gasteiger partial charge on any atom is 0.307 e. The quantitative estimate of drug-likeness (QED) is 0.752. The Bertz CT molecular complexity index is 836. The summed E-state index contributed by atoms with van der Waals surface area (Å²) in [7, 11) is 0. The van der Waals surface area contributed by atoms with Crippen LogP contribution in [0.4, 0.5) is 0 Å². The molecule has 3 nitrogen and oxygen atoms in total. The van der Waals surface area contributed by atoms with Gasteiger partial charge in [0.25, 0.3) is 0 Å². The summed E-state index contributed by atoms with van der Waals surface area (Å²) in [6, 6.07) is 13.4. The third-order valence-corrected chi connectivity index (χ3v) is 3.74. The molecule has 0 aliphatic carbocycles. The van der Waals surface area contributed by atoms with E-state index in [1.165, 1.54) is 0 Å². The molecule has 4 heteroatoms. The topological polar surface area (TPSA) is 53.1 Å². The third kappa shape index (κ3) is 2.65. The molecule has 2 aromatic carbocycles. The Hall–Kier alpha value is -2.26. The summed E-state index contributed by atoms with van der Waals surface area (Å²) in [5.74, 6) is -0.847. The van der Waals surface area contributed by atoms with E-state index in [-0.39, 0.29) is 6.42 Å². The van der Waals surface area contributed by atoms with Crippen LogP contribution in [-0.4, -0.2) is 16.1 Å². The highest BCUT2D eigenvalue weighted by Gasteiger charge is 2.16. The van der Waals surface area contributed by atoms with Crippen LogP contribution in [0.5, 0.6) is 0 Å². The number of H-pyrrole nitrogens is 1. The SMILES string of the molecule is Cc1ccc2[nH]c(-c3cccc(Cl)c3)c(CC(=O)O)c2c1. The number of rotatable bonds is 3. The molecule has 1 heterocycles. The average Bonchev–Trinajstić information content (AvgIpc) is 2.76. The molecule has 0 radical (unpaired) electrons. The number of nitrogens with one attached hydrogen (secondary N) is 1. The van der Waals surface area contributed by atoms with E-state index in [1.807, 2.05) is 43.3 Å². The molecule has 3 rings (SSSR count). The average molecular weight is 300 g/mol. The maximum absolute atomic E-state index is 11.2. The lowest BCUT2D eigenvalue weighted by Crippen LogP contribution is -2.01. The first-order valence-corrected chi connectivity index (χ1v) is 7.01. The first-order valence-electron chi connectivity index (χ1n) is 6.63. The largest absolute Gasteiger partial charge is 0.481 e. The maximum atomic E-state index is 11.2. The van der Waals surface area contributed by atoms with E-state index in [0.29, 0.717) is 5.02 Å². The van der Waals surface area contributed by atoms with Gasteiger partial charge in [-0.2, -0.15) is 0 Å². The van der Waals surface area contributed by atoms with Crippen LogP contribution >= 0.6 is 11.6 Å². The lowest BCUT2D eigenvalue weighted by Gasteiger charge is -2.03. The van der Waals surface area contributed by atoms with Crippen LogP contribution in [0.25, 0.3) is 22.2 Å². The standard InChI is InChI=1S/C17H14ClNO2/c1-10-5-6-15-13(7-10)14(9-16(20)21)17(19-15)11-3-2-4-12(18)8-11/h2-8,19H,9H2,1H3,(H,20,21). The molecule has 0 saturated heterocycles. The molecular formula is C17H14ClNO2. The van der Waals surface area contributed by atoms with Gasteiger partial charge in [-0.1, -0.05) is 35.4 Å². The van der Waals surface area contributed by atoms with Crippen LogP contribution in [0, 0.1) is 6.92 Å². The third-order valence-electron chi connectivity index (χ3n) is 3.50. The van der Waals surface area contributed by atoms with Gasteiger partial charge in [0.05, 0.1) is 12.1 Å². The summed E-state index contributed by atoms with van der Waals surface area (Å²) in [6.45, 7) is 2.00. The van der Waals surface area contributed by atoms with Gasteiger partial charge in [-0.15, -0.1) is 0 Å². The molecule has 2 N–H and O–H groups in total. The predicted octanol–water partition coefficient (Wildman–Crippen LogP) is 4.42. The number of halogens is 1. The fourth-order valence-electron chi connectivity index (χ4n) is 2.59. The van der Waals surface area contributed by atoms with Crippen molar-refractivity contribution in [2.75, 3.05) is 0 Å². The Labute approximate surface area is 127 Å². The molecule has 0 spiro atoms. The second-order valence-electron chi connectivity index (χ2n) is 5.11. The molecule has 0 saturated carbocycles. The van der Waals surface area contributed by atoms with Crippen molar-refractivity contribution in [2.24, 2.45) is 0 Å². The number of carboxylic acids is 1. The number of benzene rings is 2. The molecule has 0 bridgehead atoms. The van der Waals surface area contributed by atoms with Gasteiger partial charge in [0.15, 0.2) is 0 Å². The fraction of sp³-hybridized carbons (Fsp3) is 0.118. The molecule has 0 aliphatic rings. The van der Waals surface area contributed by atoms with Crippen molar-refractivity contribution in [3.63, 3.8) is 0 Å². The van der Waals surface area contributed by atoms with Gasteiger partial charge >= 0.3 is 5.97 Å². The minimum Gasteiger partial charge on any atom is -0.481 e. The van der Waals surface area contributed by atoms with Gasteiger partial charge < -0.3 is 10.1 Å². The Kier molecular flexibility index (Phi) is 3.43. The highest BCUT2D eigenvalue weighted by Crippen LogP contribution is 2.32. The monoisotopic (exact) mass is 299 g/mol. The van der Waals surface area contributed by atoms with E-state index < -0.39 is 5.97 Å². The summed E-state index contributed by atoms with van der Waals surface area (Å²) in [6.07, 6.45) is -0.0225. The summed E-state index contributed by atoms with van der Waals surface area (Å²) in [5.41, 5.74) is 4.55. The van der Waals surface area contributed by atoms with Gasteiger partial charge in [-0.05, 0) is 42.3 Å². The second kappa shape index (κ2) is 5.26. The van der Waals surface area contributed by atoms with Crippen molar-refractivity contribution in [1.82, 2.24) is 4.98 Å². The van der Waals surface area contributed by atoms with Crippen LogP contribution in [0.15, 0.2) is 42.5 Å². The fourth-order valence-corrected chi connectivity index (χ4v) is 2.78. The summed E-state index contributed by atoms with van der Waals surface area (Å²) in [4.78, 5) is 14.5. The van der Waals surface area contributed by atoms with Gasteiger partial charge in [-0.25, -0.2) is 0 Å². The smallest absolute Gasteiger partial charge is 0.307 e. The number of fused-ring (bicyclic) bond motifs is 1. The highest BCUT2D eigenvalue weighted by atomic mass is 35.5. The Morgan fingerprint density at radius 2 is 2.05 bits per heavy atom. The molecule has 3 aromatic rings. The van der Waals surface area contributed by atoms with E-state index in [1.54, 1.807) is 6.07 Å². The number of aromatic amines is 1. The van der Waals surface area contributed by atoms with Crippen LogP contribution in [-0.2, 0) is 11.2 Å². The molecule has 0 fully saturated rings. The van der Waals surface area contributed by atoms with E-state index in [4.69, 9.17) is 11.6 Å². The highest BCUT2D eigenvalue weighted by molar-refractivity contribution is 6.30. The van der Waals surface area contributed by atoms with Crippen LogP contribution in [0.2, 0.25) is 5.02 Å². The first-order chi connectivity index (χ1) is 10.0. The summed E-state index contributed by atoms with van der Waals surface area (Å²) < 4.78 is 0. The Morgan fingerprint density at radius 1 is 1.24 bits per heavy atom. The number of hydrogen-bond donors (Lipinski definition) is 2. The predicted molar refractivity (Wildman–Crippen MR) is 84.8 cm³/mol. The molecule has 0 aliphatic heterocycles. The first kappa shape index (κ1) is 13.7. The number of hydrogen-bond acceptors (Lipinski definition) is 1. The van der Waals surface area contributed by atoms with E-state index in [2.05, 4.69) is 4.98 Å². The van der Waals surface area contributed by atoms with Gasteiger partial charge in [0.2, 0.25) is 0 Å². The van der Waals surface area contributed by atoms with Crippen molar-refractivity contribution in [1.29, 1.82) is 0 Å². The minimum absolute atomic E-state index is 0.0225. The van der Waals surface area contributed by atoms with E-state index in [0.717, 1.165) is 33.3 Å². The molecule has 21 heavy (non-hydrogen) atoms. The van der Waals surface area contributed by atoms with Crippen LogP contribution in [0.3, 0.4) is 0 Å². The Balaban J connectivity index is 2.28. The zero-order valence-electron chi connectivity index (χ0n) is 11.5. The normalized spacial score (nSPS) is 11.0. The lowest BCUT2D eigenvalue weighted by molar-refractivity contribution is -0.136. The number of aliphatic carboxylic acids is 1. The van der Waals surface area contributed by atoms with E-state index in [9.17, 15) is 9.90 Å². The number of carbonyl (C=O) groups is 1. The van der Waals surface area contributed by atoms with Crippen molar-refractivity contribution in [3.8, 4) is 11.3 Å². The lowest BCUT2D eigenvalue weighted by atomic mass is 10.0. The summed E-state index contributed by atoms with van der Waals surface area (Å²) >= 11 is 6.05. The van der Waals surface area contributed by atoms with Crippen molar-refractivity contribution in [3.05, 3.63) is 58.6 Å². The molecule has 0 amide bonds. The van der Waals surface area contributed by atoms with Crippen molar-refractivity contribution >= 4 is 28.5 Å². The molecule has 0 unspecified atom stereocenters. The van der Waals surface area contributed by atoms with Crippen molar-refractivity contribution in [2.45, 2.75) is 13.3 Å². The summed E-state index contributed by atoms with van der Waals surface area (Å²) in [5, 5.41) is 10.8. The molecular weight excluding hydrogens is 286 g/mol. The zero-order valence-corrected chi connectivity index (χ0v) is 12.2. The molecule has 106 valence electrons. The second-order valence-corrected chi connectivity index (χ2v) is 5.54. The van der Waals surface area contributed by atoms with Gasteiger partial charge in [-0.3, -0.25) is 4.79 Å². The number of carboxylic acid groups (broad SMARTS) is 1. The number of aryl methyl sites for hydroxylation is 1. The van der Waals surface area contributed by atoms with Crippen LogP contribution < -0.4 is 0 Å². The van der Waals surface area contributed by atoms with Gasteiger partial charge in [0.1, 0.15) is 0 Å². The van der Waals surface area contributed by atoms with Gasteiger partial charge in [0, 0.05) is 15.9 Å².